The summed E-state index contributed by atoms with van der Waals surface area (Å²) in [5.74, 6) is 0.938. The second kappa shape index (κ2) is 5.70. The summed E-state index contributed by atoms with van der Waals surface area (Å²) in [7, 11) is 4.02. The molecular weight excluding hydrogens is 224 g/mol. The second-order valence-electron chi connectivity index (χ2n) is 5.67. The van der Waals surface area contributed by atoms with E-state index in [4.69, 9.17) is 0 Å². The molecule has 2 atom stereocenters. The highest BCUT2D eigenvalue weighted by molar-refractivity contribution is 5.96. The Bertz CT molecular complexity index is 410. The highest BCUT2D eigenvalue weighted by Gasteiger charge is 2.26. The summed E-state index contributed by atoms with van der Waals surface area (Å²) in [6.45, 7) is 2.85. The van der Waals surface area contributed by atoms with Gasteiger partial charge in [-0.15, -0.1) is 0 Å². The van der Waals surface area contributed by atoms with E-state index >= 15 is 0 Å². The van der Waals surface area contributed by atoms with Gasteiger partial charge < -0.3 is 4.57 Å². The van der Waals surface area contributed by atoms with Crippen LogP contribution in [0.2, 0.25) is 0 Å². The topological polar surface area (TPSA) is 25.2 Å². The second-order valence-corrected chi connectivity index (χ2v) is 5.67. The van der Waals surface area contributed by atoms with Crippen molar-refractivity contribution in [3.05, 3.63) is 24.0 Å². The lowest BCUT2D eigenvalue weighted by molar-refractivity contribution is 0.0843. The fourth-order valence-electron chi connectivity index (χ4n) is 3.13. The van der Waals surface area contributed by atoms with Crippen LogP contribution in [-0.2, 0) is 7.05 Å². The van der Waals surface area contributed by atoms with Gasteiger partial charge in [0, 0.05) is 19.3 Å². The Morgan fingerprint density at radius 1 is 1.44 bits per heavy atom. The first-order valence-corrected chi connectivity index (χ1v) is 6.94. The van der Waals surface area contributed by atoms with Crippen molar-refractivity contribution in [2.24, 2.45) is 13.0 Å². The average Bonchev–Trinajstić information content (AvgIpc) is 2.76. The Balaban J connectivity index is 1.96. The van der Waals surface area contributed by atoms with Crippen LogP contribution in [0.25, 0.3) is 0 Å². The number of Topliss-reactive ketones (excluding diaryl/α,β-unsaturated/α-hetero) is 1. The van der Waals surface area contributed by atoms with Crippen molar-refractivity contribution in [1.82, 2.24) is 9.47 Å². The lowest BCUT2D eigenvalue weighted by Gasteiger charge is -2.35. The molecule has 1 fully saturated rings. The number of aromatic nitrogens is 1. The minimum absolute atomic E-state index is 0.225. The minimum atomic E-state index is 0.225. The lowest BCUT2D eigenvalue weighted by Crippen LogP contribution is -2.41. The number of aryl methyl sites for hydroxylation is 1. The van der Waals surface area contributed by atoms with Crippen LogP contribution in [0.15, 0.2) is 18.3 Å². The van der Waals surface area contributed by atoms with Crippen molar-refractivity contribution in [2.75, 3.05) is 13.6 Å². The van der Waals surface area contributed by atoms with Gasteiger partial charge in [0.25, 0.3) is 0 Å². The quantitative estimate of drug-likeness (QED) is 0.766. The van der Waals surface area contributed by atoms with Gasteiger partial charge in [-0.25, -0.2) is 0 Å². The lowest BCUT2D eigenvalue weighted by atomic mass is 9.85. The number of rotatable bonds is 4. The highest BCUT2D eigenvalue weighted by Crippen LogP contribution is 2.27. The van der Waals surface area contributed by atoms with Gasteiger partial charge in [-0.1, -0.05) is 19.8 Å². The van der Waals surface area contributed by atoms with Gasteiger partial charge in [0.15, 0.2) is 5.78 Å². The molecular formula is C15H24N2O. The van der Waals surface area contributed by atoms with E-state index < -0.39 is 0 Å². The van der Waals surface area contributed by atoms with Crippen LogP contribution in [0.5, 0.6) is 0 Å². The summed E-state index contributed by atoms with van der Waals surface area (Å²) in [5.41, 5.74) is 0.810. The van der Waals surface area contributed by atoms with Crippen molar-refractivity contribution in [3.63, 3.8) is 0 Å². The van der Waals surface area contributed by atoms with Crippen LogP contribution >= 0.6 is 0 Å². The molecule has 1 aromatic rings. The molecule has 1 aliphatic carbocycles. The normalized spacial score (nSPS) is 24.4. The summed E-state index contributed by atoms with van der Waals surface area (Å²) in [5, 5.41) is 0. The van der Waals surface area contributed by atoms with Gasteiger partial charge in [0.05, 0.1) is 12.2 Å². The number of nitrogens with zero attached hydrogens (tertiary/aromatic N) is 2. The van der Waals surface area contributed by atoms with E-state index in [0.29, 0.717) is 18.5 Å². The minimum Gasteiger partial charge on any atom is -0.348 e. The maximum absolute atomic E-state index is 12.2. The number of carbonyl (C=O) groups is 1. The fraction of sp³-hybridized carbons (Fsp3) is 0.667. The van der Waals surface area contributed by atoms with Crippen LogP contribution in [0, 0.1) is 5.92 Å². The van der Waals surface area contributed by atoms with E-state index in [-0.39, 0.29) is 5.78 Å². The summed E-state index contributed by atoms with van der Waals surface area (Å²) in [4.78, 5) is 14.5. The van der Waals surface area contributed by atoms with Gasteiger partial charge >= 0.3 is 0 Å². The molecule has 0 amide bonds. The molecule has 1 aliphatic rings. The van der Waals surface area contributed by atoms with Crippen LogP contribution in [-0.4, -0.2) is 34.9 Å². The Labute approximate surface area is 110 Å². The Hall–Kier alpha value is -1.09. The summed E-state index contributed by atoms with van der Waals surface area (Å²) >= 11 is 0. The maximum Gasteiger partial charge on any atom is 0.193 e. The standard InChI is InChI=1S/C15H24N2O/c1-12-7-4-5-8-13(12)17(3)11-15(18)14-9-6-10-16(14)2/h6,9-10,12-13H,4-5,7-8,11H2,1-3H3. The zero-order chi connectivity index (χ0) is 13.1. The molecule has 2 unspecified atom stereocenters. The molecule has 3 nitrogen and oxygen atoms in total. The van der Waals surface area contributed by atoms with Gasteiger partial charge in [0.2, 0.25) is 0 Å². The molecule has 0 bridgehead atoms. The van der Waals surface area contributed by atoms with E-state index in [1.165, 1.54) is 25.7 Å². The molecule has 3 heteroatoms. The van der Waals surface area contributed by atoms with Crippen molar-refractivity contribution in [2.45, 2.75) is 38.6 Å². The Kier molecular flexibility index (Phi) is 4.23. The van der Waals surface area contributed by atoms with Crippen molar-refractivity contribution in [1.29, 1.82) is 0 Å². The van der Waals surface area contributed by atoms with Crippen molar-refractivity contribution >= 4 is 5.78 Å². The van der Waals surface area contributed by atoms with Gasteiger partial charge in [-0.3, -0.25) is 9.69 Å². The largest absolute Gasteiger partial charge is 0.348 e. The van der Waals surface area contributed by atoms with Gasteiger partial charge in [-0.05, 0) is 37.9 Å². The smallest absolute Gasteiger partial charge is 0.193 e. The van der Waals surface area contributed by atoms with Gasteiger partial charge in [0.1, 0.15) is 0 Å². The Morgan fingerprint density at radius 3 is 2.78 bits per heavy atom. The number of hydrogen-bond acceptors (Lipinski definition) is 2. The third-order valence-electron chi connectivity index (χ3n) is 4.25. The number of hydrogen-bond donors (Lipinski definition) is 0. The molecule has 0 radical (unpaired) electrons. The molecule has 1 heterocycles. The first-order valence-electron chi connectivity index (χ1n) is 6.94. The number of likely N-dealkylation sites (N-methyl/N-ethyl adjacent to an activating group) is 1. The summed E-state index contributed by atoms with van der Waals surface area (Å²) in [6, 6.07) is 4.40. The molecule has 1 saturated carbocycles. The third kappa shape index (κ3) is 2.83. The number of ketones is 1. The molecule has 0 saturated heterocycles. The molecule has 18 heavy (non-hydrogen) atoms. The first kappa shape index (κ1) is 13.3. The molecule has 0 spiro atoms. The molecule has 0 aliphatic heterocycles. The first-order chi connectivity index (χ1) is 8.59. The fourth-order valence-corrected chi connectivity index (χ4v) is 3.13. The van der Waals surface area contributed by atoms with Crippen LogP contribution < -0.4 is 0 Å². The SMILES string of the molecule is CC1CCCCC1N(C)CC(=O)c1cccn1C. The van der Waals surface area contributed by atoms with E-state index in [2.05, 4.69) is 18.9 Å². The molecule has 0 aromatic carbocycles. The zero-order valence-corrected chi connectivity index (χ0v) is 11.7. The van der Waals surface area contributed by atoms with Crippen LogP contribution in [0.4, 0.5) is 0 Å². The van der Waals surface area contributed by atoms with E-state index in [1.807, 2.05) is 29.9 Å². The molecule has 2 rings (SSSR count). The van der Waals surface area contributed by atoms with Crippen molar-refractivity contribution in [3.8, 4) is 0 Å². The van der Waals surface area contributed by atoms with Gasteiger partial charge in [-0.2, -0.15) is 0 Å². The summed E-state index contributed by atoms with van der Waals surface area (Å²) in [6.07, 6.45) is 7.11. The zero-order valence-electron chi connectivity index (χ0n) is 11.7. The van der Waals surface area contributed by atoms with E-state index in [9.17, 15) is 4.79 Å². The molecule has 100 valence electrons. The van der Waals surface area contributed by atoms with Crippen LogP contribution in [0.3, 0.4) is 0 Å². The average molecular weight is 248 g/mol. The molecule has 1 aromatic heterocycles. The summed E-state index contributed by atoms with van der Waals surface area (Å²) < 4.78 is 1.90. The maximum atomic E-state index is 12.2. The predicted molar refractivity (Wildman–Crippen MR) is 73.8 cm³/mol. The predicted octanol–water partition coefficient (Wildman–Crippen LogP) is 2.72. The third-order valence-corrected chi connectivity index (χ3v) is 4.25. The highest BCUT2D eigenvalue weighted by atomic mass is 16.1. The Morgan fingerprint density at radius 2 is 2.17 bits per heavy atom. The van der Waals surface area contributed by atoms with Crippen molar-refractivity contribution < 1.29 is 4.79 Å². The molecule has 0 N–H and O–H groups in total. The van der Waals surface area contributed by atoms with E-state index in [1.54, 1.807) is 0 Å². The van der Waals surface area contributed by atoms with E-state index in [0.717, 1.165) is 5.69 Å². The monoisotopic (exact) mass is 248 g/mol. The number of carbonyl (C=O) groups excluding carboxylic acids is 1. The van der Waals surface area contributed by atoms with Crippen LogP contribution in [0.1, 0.15) is 43.1 Å².